The van der Waals surface area contributed by atoms with Crippen LogP contribution in [0.5, 0.6) is 0 Å². The summed E-state index contributed by atoms with van der Waals surface area (Å²) in [6, 6.07) is 9.86. The number of morpholine rings is 1. The highest BCUT2D eigenvalue weighted by Gasteiger charge is 2.30. The number of nitrogens with zero attached hydrogens (tertiary/aromatic N) is 4. The predicted molar refractivity (Wildman–Crippen MR) is 118 cm³/mol. The highest BCUT2D eigenvalue weighted by Crippen LogP contribution is 2.21. The lowest BCUT2D eigenvalue weighted by Crippen LogP contribution is -2.50. The number of oxazole rings is 1. The molecule has 0 spiro atoms. The molecule has 1 amide bonds. The average molecular weight is 426 g/mol. The summed E-state index contributed by atoms with van der Waals surface area (Å²) < 4.78 is 11.0. The van der Waals surface area contributed by atoms with Gasteiger partial charge in [-0.25, -0.2) is 9.98 Å². The van der Waals surface area contributed by atoms with E-state index in [1.807, 2.05) is 35.2 Å². The molecule has 0 radical (unpaired) electrons. The van der Waals surface area contributed by atoms with E-state index in [9.17, 15) is 4.79 Å². The number of amides is 1. The van der Waals surface area contributed by atoms with Crippen LogP contribution in [0.15, 0.2) is 46.0 Å². The molecule has 1 N–H and O–H groups in total. The van der Waals surface area contributed by atoms with Gasteiger partial charge in [0.05, 0.1) is 19.8 Å². The second-order valence-corrected chi connectivity index (χ2v) is 7.88. The van der Waals surface area contributed by atoms with Gasteiger partial charge >= 0.3 is 0 Å². The number of piperidine rings is 1. The van der Waals surface area contributed by atoms with Gasteiger partial charge in [0, 0.05) is 44.2 Å². The van der Waals surface area contributed by atoms with E-state index in [2.05, 4.69) is 22.1 Å². The number of aliphatic imine (C=N–C) groups is 1. The van der Waals surface area contributed by atoms with Crippen molar-refractivity contribution >= 4 is 11.9 Å². The average Bonchev–Trinajstić information content (AvgIpc) is 3.32. The first-order valence-electron chi connectivity index (χ1n) is 11.1. The molecule has 4 rings (SSSR count). The van der Waals surface area contributed by atoms with Crippen LogP contribution in [-0.2, 0) is 16.1 Å². The molecule has 31 heavy (non-hydrogen) atoms. The van der Waals surface area contributed by atoms with E-state index in [1.165, 1.54) is 0 Å². The van der Waals surface area contributed by atoms with Crippen LogP contribution in [0.2, 0.25) is 0 Å². The maximum absolute atomic E-state index is 12.8. The molecule has 2 aromatic rings. The van der Waals surface area contributed by atoms with Crippen LogP contribution in [0.4, 0.5) is 0 Å². The van der Waals surface area contributed by atoms with E-state index in [1.54, 1.807) is 6.26 Å². The Balaban J connectivity index is 1.34. The Bertz CT molecular complexity index is 868. The minimum atomic E-state index is 0.0983. The van der Waals surface area contributed by atoms with Crippen LogP contribution in [-0.4, -0.2) is 72.6 Å². The molecule has 8 heteroatoms. The Morgan fingerprint density at radius 3 is 2.58 bits per heavy atom. The summed E-state index contributed by atoms with van der Waals surface area (Å²) in [5.41, 5.74) is 1.75. The lowest BCUT2D eigenvalue weighted by molar-refractivity contribution is -0.140. The van der Waals surface area contributed by atoms with Crippen molar-refractivity contribution in [3.05, 3.63) is 42.3 Å². The van der Waals surface area contributed by atoms with Crippen molar-refractivity contribution in [2.75, 3.05) is 45.9 Å². The lowest BCUT2D eigenvalue weighted by atomic mass is 9.95. The van der Waals surface area contributed by atoms with Crippen molar-refractivity contribution in [1.82, 2.24) is 20.1 Å². The number of hydrogen-bond donors (Lipinski definition) is 1. The van der Waals surface area contributed by atoms with E-state index in [0.29, 0.717) is 38.7 Å². The molecular weight excluding hydrogens is 394 g/mol. The third-order valence-electron chi connectivity index (χ3n) is 5.76. The zero-order chi connectivity index (χ0) is 21.5. The van der Waals surface area contributed by atoms with Gasteiger partial charge in [0.2, 0.25) is 11.8 Å². The van der Waals surface area contributed by atoms with Gasteiger partial charge in [-0.05, 0) is 31.9 Å². The van der Waals surface area contributed by atoms with Crippen molar-refractivity contribution in [2.24, 2.45) is 10.9 Å². The third-order valence-corrected chi connectivity index (χ3v) is 5.76. The van der Waals surface area contributed by atoms with Crippen molar-refractivity contribution < 1.29 is 13.9 Å². The zero-order valence-electron chi connectivity index (χ0n) is 18.1. The fraction of sp³-hybridized carbons (Fsp3) is 0.522. The molecule has 1 aromatic carbocycles. The Kier molecular flexibility index (Phi) is 7.19. The topological polar surface area (TPSA) is 83.2 Å². The molecular formula is C23H31N5O3. The van der Waals surface area contributed by atoms with Gasteiger partial charge in [0.15, 0.2) is 5.96 Å². The first-order chi connectivity index (χ1) is 15.2. The summed E-state index contributed by atoms with van der Waals surface area (Å²) in [4.78, 5) is 26.3. The number of carbonyl (C=O) groups excluding carboxylic acids is 1. The molecule has 0 unspecified atom stereocenters. The van der Waals surface area contributed by atoms with E-state index in [4.69, 9.17) is 14.1 Å². The van der Waals surface area contributed by atoms with Crippen molar-refractivity contribution in [2.45, 2.75) is 26.3 Å². The molecule has 0 aliphatic carbocycles. The van der Waals surface area contributed by atoms with Crippen molar-refractivity contribution in [3.63, 3.8) is 0 Å². The Morgan fingerprint density at radius 2 is 1.87 bits per heavy atom. The monoisotopic (exact) mass is 425 g/mol. The van der Waals surface area contributed by atoms with Crippen LogP contribution >= 0.6 is 0 Å². The van der Waals surface area contributed by atoms with Gasteiger partial charge in [0.1, 0.15) is 12.0 Å². The fourth-order valence-electron chi connectivity index (χ4n) is 4.05. The van der Waals surface area contributed by atoms with Gasteiger partial charge in [-0.3, -0.25) is 4.79 Å². The molecule has 0 saturated carbocycles. The van der Waals surface area contributed by atoms with Crippen LogP contribution in [0, 0.1) is 5.92 Å². The number of hydrogen-bond acceptors (Lipinski definition) is 5. The second kappa shape index (κ2) is 10.4. The van der Waals surface area contributed by atoms with Crippen LogP contribution in [0.3, 0.4) is 0 Å². The Morgan fingerprint density at radius 1 is 1.13 bits per heavy atom. The minimum Gasteiger partial charge on any atom is -0.444 e. The molecule has 8 nitrogen and oxygen atoms in total. The minimum absolute atomic E-state index is 0.0983. The van der Waals surface area contributed by atoms with Crippen LogP contribution < -0.4 is 5.32 Å². The number of carbonyl (C=O) groups is 1. The first kappa shape index (κ1) is 21.4. The standard InChI is InChI=1S/C23H31N5O3/c1-2-24-23(25-16-20-17-31-21(26-20)18-6-4-3-5-7-18)28-10-8-19(9-11-28)22(29)27-12-14-30-15-13-27/h3-7,17,19H,2,8-16H2,1H3,(H,24,25). The predicted octanol–water partition coefficient (Wildman–Crippen LogP) is 2.38. The van der Waals surface area contributed by atoms with E-state index in [0.717, 1.165) is 49.7 Å². The van der Waals surface area contributed by atoms with Crippen LogP contribution in [0.1, 0.15) is 25.5 Å². The summed E-state index contributed by atoms with van der Waals surface area (Å²) in [6.07, 6.45) is 3.37. The maximum atomic E-state index is 12.8. The van der Waals surface area contributed by atoms with E-state index in [-0.39, 0.29) is 11.8 Å². The highest BCUT2D eigenvalue weighted by molar-refractivity contribution is 5.82. The molecule has 0 bridgehead atoms. The Hall–Kier alpha value is -2.87. The number of guanidine groups is 1. The number of aromatic nitrogens is 1. The zero-order valence-corrected chi connectivity index (χ0v) is 18.1. The van der Waals surface area contributed by atoms with E-state index >= 15 is 0 Å². The second-order valence-electron chi connectivity index (χ2n) is 7.88. The molecule has 2 aliphatic heterocycles. The lowest BCUT2D eigenvalue weighted by Gasteiger charge is -2.36. The SMILES string of the molecule is CCNC(=NCc1coc(-c2ccccc2)n1)N1CCC(C(=O)N2CCOCC2)CC1. The summed E-state index contributed by atoms with van der Waals surface area (Å²) >= 11 is 0. The number of likely N-dealkylation sites (tertiary alicyclic amines) is 1. The summed E-state index contributed by atoms with van der Waals surface area (Å²) in [5, 5.41) is 3.37. The summed E-state index contributed by atoms with van der Waals surface area (Å²) in [5.74, 6) is 1.85. The van der Waals surface area contributed by atoms with Gasteiger partial charge < -0.3 is 24.3 Å². The molecule has 1 aromatic heterocycles. The van der Waals surface area contributed by atoms with Crippen molar-refractivity contribution in [1.29, 1.82) is 0 Å². The van der Waals surface area contributed by atoms with Crippen LogP contribution in [0.25, 0.3) is 11.5 Å². The number of ether oxygens (including phenoxy) is 1. The molecule has 2 saturated heterocycles. The molecule has 166 valence electrons. The summed E-state index contributed by atoms with van der Waals surface area (Å²) in [7, 11) is 0. The number of rotatable bonds is 5. The normalized spacial score (nSPS) is 18.3. The van der Waals surface area contributed by atoms with Gasteiger partial charge in [0.25, 0.3) is 0 Å². The molecule has 2 fully saturated rings. The van der Waals surface area contributed by atoms with Gasteiger partial charge in [-0.1, -0.05) is 18.2 Å². The highest BCUT2D eigenvalue weighted by atomic mass is 16.5. The maximum Gasteiger partial charge on any atom is 0.226 e. The van der Waals surface area contributed by atoms with Gasteiger partial charge in [-0.2, -0.15) is 0 Å². The Labute approximate surface area is 183 Å². The summed E-state index contributed by atoms with van der Waals surface area (Å²) in [6.45, 7) is 7.67. The fourth-order valence-corrected chi connectivity index (χ4v) is 4.05. The number of nitrogens with one attached hydrogen (secondary N) is 1. The first-order valence-corrected chi connectivity index (χ1v) is 11.1. The smallest absolute Gasteiger partial charge is 0.226 e. The van der Waals surface area contributed by atoms with Gasteiger partial charge in [-0.15, -0.1) is 0 Å². The largest absolute Gasteiger partial charge is 0.444 e. The molecule has 0 atom stereocenters. The van der Waals surface area contributed by atoms with E-state index < -0.39 is 0 Å². The molecule has 3 heterocycles. The quantitative estimate of drug-likeness (QED) is 0.585. The van der Waals surface area contributed by atoms with Crippen molar-refractivity contribution in [3.8, 4) is 11.5 Å². The number of benzene rings is 1. The third kappa shape index (κ3) is 5.44. The molecule has 2 aliphatic rings.